The van der Waals surface area contributed by atoms with Crippen molar-refractivity contribution in [3.05, 3.63) is 29.6 Å². The minimum absolute atomic E-state index is 0.638. The van der Waals surface area contributed by atoms with Crippen LogP contribution in [0, 0.1) is 0 Å². The van der Waals surface area contributed by atoms with Crippen LogP contribution in [0.2, 0.25) is 0 Å². The van der Waals surface area contributed by atoms with Gasteiger partial charge in [0.15, 0.2) is 0 Å². The van der Waals surface area contributed by atoms with Crippen LogP contribution in [-0.2, 0) is 0 Å². The molecule has 2 heteroatoms. The third-order valence-electron chi connectivity index (χ3n) is 2.26. The molecule has 0 N–H and O–H groups in total. The molecule has 58 valence electrons. The molecule has 0 saturated carbocycles. The maximum atomic E-state index is 4.38. The molecule has 0 fully saturated rings. The highest BCUT2D eigenvalue weighted by molar-refractivity contribution is 14.1. The zero-order valence-electron chi connectivity index (χ0n) is 6.42. The SMILES string of the molecule is C[C@@H]1C[C@H](I)c2ncccc21. The Bertz CT molecular complexity index is 245. The molecule has 0 aromatic carbocycles. The van der Waals surface area contributed by atoms with E-state index < -0.39 is 0 Å². The van der Waals surface area contributed by atoms with Gasteiger partial charge in [0, 0.05) is 6.20 Å². The lowest BCUT2D eigenvalue weighted by Crippen LogP contribution is -1.87. The lowest BCUT2D eigenvalue weighted by atomic mass is 10.1. The van der Waals surface area contributed by atoms with Gasteiger partial charge in [0.2, 0.25) is 0 Å². The van der Waals surface area contributed by atoms with Crippen LogP contribution in [0.1, 0.15) is 34.4 Å². The summed E-state index contributed by atoms with van der Waals surface area (Å²) in [7, 11) is 0. The molecule has 2 rings (SSSR count). The van der Waals surface area contributed by atoms with E-state index in [9.17, 15) is 0 Å². The summed E-state index contributed by atoms with van der Waals surface area (Å²) in [6.07, 6.45) is 3.15. The summed E-state index contributed by atoms with van der Waals surface area (Å²) >= 11 is 2.48. The van der Waals surface area contributed by atoms with Gasteiger partial charge in [-0.2, -0.15) is 0 Å². The van der Waals surface area contributed by atoms with E-state index >= 15 is 0 Å². The van der Waals surface area contributed by atoms with E-state index in [-0.39, 0.29) is 0 Å². The summed E-state index contributed by atoms with van der Waals surface area (Å²) in [6, 6.07) is 4.23. The van der Waals surface area contributed by atoms with Gasteiger partial charge in [-0.15, -0.1) is 0 Å². The average Bonchev–Trinajstić information content (AvgIpc) is 2.30. The predicted molar refractivity (Wildman–Crippen MR) is 54.0 cm³/mol. The molecule has 1 nitrogen and oxygen atoms in total. The van der Waals surface area contributed by atoms with Gasteiger partial charge in [-0.3, -0.25) is 4.98 Å². The van der Waals surface area contributed by atoms with Crippen molar-refractivity contribution in [1.29, 1.82) is 0 Å². The lowest BCUT2D eigenvalue weighted by molar-refractivity contribution is 0.748. The van der Waals surface area contributed by atoms with Crippen LogP contribution >= 0.6 is 22.6 Å². The van der Waals surface area contributed by atoms with Crippen LogP contribution < -0.4 is 0 Å². The summed E-state index contributed by atoms with van der Waals surface area (Å²) in [5.41, 5.74) is 2.76. The first-order valence-electron chi connectivity index (χ1n) is 3.88. The van der Waals surface area contributed by atoms with E-state index in [4.69, 9.17) is 0 Å². The Labute approximate surface area is 80.4 Å². The van der Waals surface area contributed by atoms with E-state index in [0.29, 0.717) is 9.84 Å². The first-order chi connectivity index (χ1) is 5.29. The zero-order valence-corrected chi connectivity index (χ0v) is 8.58. The Balaban J connectivity index is 2.52. The Morgan fingerprint density at radius 1 is 1.64 bits per heavy atom. The molecule has 0 spiro atoms. The maximum Gasteiger partial charge on any atom is 0.0566 e. The van der Waals surface area contributed by atoms with Crippen molar-refractivity contribution in [1.82, 2.24) is 4.98 Å². The number of fused-ring (bicyclic) bond motifs is 1. The van der Waals surface area contributed by atoms with Crippen molar-refractivity contribution in [3.8, 4) is 0 Å². The van der Waals surface area contributed by atoms with Crippen LogP contribution in [-0.4, -0.2) is 4.98 Å². The van der Waals surface area contributed by atoms with Crippen LogP contribution in [0.3, 0.4) is 0 Å². The van der Waals surface area contributed by atoms with Crippen LogP contribution in [0.15, 0.2) is 18.3 Å². The quantitative estimate of drug-likeness (QED) is 0.515. The molecular weight excluding hydrogens is 249 g/mol. The van der Waals surface area contributed by atoms with E-state index in [2.05, 4.69) is 40.6 Å². The number of pyridine rings is 1. The molecule has 0 unspecified atom stereocenters. The highest BCUT2D eigenvalue weighted by Gasteiger charge is 2.26. The van der Waals surface area contributed by atoms with Crippen LogP contribution in [0.4, 0.5) is 0 Å². The number of rotatable bonds is 0. The molecule has 1 aliphatic rings. The maximum absolute atomic E-state index is 4.38. The second-order valence-corrected chi connectivity index (χ2v) is 4.59. The van der Waals surface area contributed by atoms with Gasteiger partial charge < -0.3 is 0 Å². The summed E-state index contributed by atoms with van der Waals surface area (Å²) in [4.78, 5) is 4.38. The summed E-state index contributed by atoms with van der Waals surface area (Å²) in [6.45, 7) is 2.28. The van der Waals surface area contributed by atoms with Gasteiger partial charge in [-0.1, -0.05) is 35.6 Å². The van der Waals surface area contributed by atoms with Gasteiger partial charge in [-0.25, -0.2) is 0 Å². The number of aromatic nitrogens is 1. The highest BCUT2D eigenvalue weighted by atomic mass is 127. The van der Waals surface area contributed by atoms with Crippen molar-refractivity contribution >= 4 is 22.6 Å². The first kappa shape index (κ1) is 7.53. The summed E-state index contributed by atoms with van der Waals surface area (Å²) < 4.78 is 0.638. The Morgan fingerprint density at radius 3 is 3.18 bits per heavy atom. The molecule has 1 heterocycles. The van der Waals surface area contributed by atoms with E-state index in [0.717, 1.165) is 0 Å². The van der Waals surface area contributed by atoms with Gasteiger partial charge in [0.05, 0.1) is 9.62 Å². The van der Waals surface area contributed by atoms with Gasteiger partial charge in [0.25, 0.3) is 0 Å². The summed E-state index contributed by atoms with van der Waals surface area (Å²) in [5, 5.41) is 0. The predicted octanol–water partition coefficient (Wildman–Crippen LogP) is 3.06. The minimum Gasteiger partial charge on any atom is -0.260 e. The van der Waals surface area contributed by atoms with Crippen molar-refractivity contribution < 1.29 is 0 Å². The molecule has 0 aliphatic heterocycles. The molecule has 1 aromatic heterocycles. The molecule has 0 saturated heterocycles. The van der Waals surface area contributed by atoms with Crippen LogP contribution in [0.5, 0.6) is 0 Å². The lowest BCUT2D eigenvalue weighted by Gasteiger charge is -2.00. The first-order valence-corrected chi connectivity index (χ1v) is 5.12. The minimum atomic E-state index is 0.638. The molecule has 1 aromatic rings. The molecule has 2 atom stereocenters. The van der Waals surface area contributed by atoms with Gasteiger partial charge >= 0.3 is 0 Å². The van der Waals surface area contributed by atoms with Gasteiger partial charge in [-0.05, 0) is 24.0 Å². The number of alkyl halides is 1. The highest BCUT2D eigenvalue weighted by Crippen LogP contribution is 2.43. The van der Waals surface area contributed by atoms with Crippen LogP contribution in [0.25, 0.3) is 0 Å². The normalized spacial score (nSPS) is 28.5. The van der Waals surface area contributed by atoms with Gasteiger partial charge in [0.1, 0.15) is 0 Å². The average molecular weight is 259 g/mol. The van der Waals surface area contributed by atoms with E-state index in [1.54, 1.807) is 0 Å². The van der Waals surface area contributed by atoms with E-state index in [1.165, 1.54) is 17.7 Å². The molecular formula is C9H10IN. The van der Waals surface area contributed by atoms with Crippen molar-refractivity contribution in [2.45, 2.75) is 23.2 Å². The standard InChI is InChI=1S/C9H10IN/c1-6-5-8(10)9-7(6)3-2-4-11-9/h2-4,6,8H,5H2,1H3/t6-,8+/m1/s1. The van der Waals surface area contributed by atoms with Crippen molar-refractivity contribution in [2.24, 2.45) is 0 Å². The fourth-order valence-electron chi connectivity index (χ4n) is 1.66. The third-order valence-corrected chi connectivity index (χ3v) is 3.36. The Morgan fingerprint density at radius 2 is 2.45 bits per heavy atom. The molecule has 0 bridgehead atoms. The van der Waals surface area contributed by atoms with Crippen molar-refractivity contribution in [2.75, 3.05) is 0 Å². The smallest absolute Gasteiger partial charge is 0.0566 e. The second kappa shape index (κ2) is 2.73. The topological polar surface area (TPSA) is 12.9 Å². The van der Waals surface area contributed by atoms with E-state index in [1.807, 2.05) is 12.3 Å². The Kier molecular flexibility index (Phi) is 1.87. The molecule has 0 amide bonds. The number of nitrogens with zero attached hydrogens (tertiary/aromatic N) is 1. The monoisotopic (exact) mass is 259 g/mol. The number of hydrogen-bond acceptors (Lipinski definition) is 1. The number of halogens is 1. The summed E-state index contributed by atoms with van der Waals surface area (Å²) in [5.74, 6) is 0.709. The molecule has 11 heavy (non-hydrogen) atoms. The zero-order chi connectivity index (χ0) is 7.84. The number of hydrogen-bond donors (Lipinski definition) is 0. The fraction of sp³-hybridized carbons (Fsp3) is 0.444. The fourth-order valence-corrected chi connectivity index (χ4v) is 2.94. The third kappa shape index (κ3) is 1.17. The Hall–Kier alpha value is -0.120. The largest absolute Gasteiger partial charge is 0.260 e. The second-order valence-electron chi connectivity index (χ2n) is 3.08. The van der Waals surface area contributed by atoms with Crippen molar-refractivity contribution in [3.63, 3.8) is 0 Å². The molecule has 1 aliphatic carbocycles. The molecule has 0 radical (unpaired) electrons.